The van der Waals surface area contributed by atoms with Crippen molar-refractivity contribution in [2.45, 2.75) is 45.1 Å². The summed E-state index contributed by atoms with van der Waals surface area (Å²) in [7, 11) is 1.78. The van der Waals surface area contributed by atoms with Gasteiger partial charge in [-0.1, -0.05) is 25.7 Å². The molecule has 112 valence electrons. The third kappa shape index (κ3) is 4.85. The van der Waals surface area contributed by atoms with Gasteiger partial charge in [-0.2, -0.15) is 0 Å². The fourth-order valence-electron chi connectivity index (χ4n) is 2.76. The molecule has 1 saturated carbocycles. The number of rotatable bonds is 6. The largest absolute Gasteiger partial charge is 0.452 e. The Labute approximate surface area is 129 Å². The molecule has 0 atom stereocenters. The van der Waals surface area contributed by atoms with Gasteiger partial charge in [0.1, 0.15) is 5.76 Å². The topological polar surface area (TPSA) is 45.5 Å². The molecule has 1 aliphatic carbocycles. The van der Waals surface area contributed by atoms with Gasteiger partial charge in [0.05, 0.1) is 6.54 Å². The van der Waals surface area contributed by atoms with Crippen molar-refractivity contribution in [3.05, 3.63) is 22.6 Å². The number of hydrogen-bond acceptors (Lipinski definition) is 2. The minimum absolute atomic E-state index is 0.0380. The van der Waals surface area contributed by atoms with Crippen LogP contribution in [0.15, 0.2) is 21.2 Å². The summed E-state index contributed by atoms with van der Waals surface area (Å²) < 4.78 is 6.08. The first-order valence-corrected chi connectivity index (χ1v) is 8.17. The van der Waals surface area contributed by atoms with Crippen LogP contribution in [0.1, 0.15) is 44.3 Å². The summed E-state index contributed by atoms with van der Waals surface area (Å²) in [5.74, 6) is 1.67. The summed E-state index contributed by atoms with van der Waals surface area (Å²) in [5, 5.41) is 2.97. The van der Waals surface area contributed by atoms with Gasteiger partial charge in [0.25, 0.3) is 0 Å². The highest BCUT2D eigenvalue weighted by molar-refractivity contribution is 9.10. The quantitative estimate of drug-likeness (QED) is 0.789. The van der Waals surface area contributed by atoms with Crippen LogP contribution in [-0.2, 0) is 6.54 Å². The molecule has 0 radical (unpaired) electrons. The van der Waals surface area contributed by atoms with Crippen molar-refractivity contribution in [1.82, 2.24) is 10.2 Å². The third-order valence-electron chi connectivity index (χ3n) is 3.91. The van der Waals surface area contributed by atoms with E-state index in [-0.39, 0.29) is 6.03 Å². The van der Waals surface area contributed by atoms with E-state index in [1.54, 1.807) is 11.9 Å². The normalized spacial score (nSPS) is 15.5. The molecule has 1 heterocycles. The van der Waals surface area contributed by atoms with Gasteiger partial charge in [0, 0.05) is 13.6 Å². The Balaban J connectivity index is 1.61. The van der Waals surface area contributed by atoms with Crippen molar-refractivity contribution in [2.24, 2.45) is 5.92 Å². The minimum atomic E-state index is -0.0380. The number of hydrogen-bond donors (Lipinski definition) is 1. The SMILES string of the molecule is CN(Cc1ccc(Br)o1)C(=O)NCCCC1CCCC1. The van der Waals surface area contributed by atoms with E-state index < -0.39 is 0 Å². The summed E-state index contributed by atoms with van der Waals surface area (Å²) >= 11 is 3.26. The second kappa shape index (κ2) is 7.72. The molecular formula is C15H23BrN2O2. The highest BCUT2D eigenvalue weighted by Crippen LogP contribution is 2.28. The zero-order chi connectivity index (χ0) is 14.4. The van der Waals surface area contributed by atoms with Crippen LogP contribution < -0.4 is 5.32 Å². The monoisotopic (exact) mass is 342 g/mol. The summed E-state index contributed by atoms with van der Waals surface area (Å²) in [6.45, 7) is 1.25. The number of carbonyl (C=O) groups is 1. The van der Waals surface area contributed by atoms with Crippen molar-refractivity contribution < 1.29 is 9.21 Å². The van der Waals surface area contributed by atoms with Crippen LogP contribution in [-0.4, -0.2) is 24.5 Å². The summed E-state index contributed by atoms with van der Waals surface area (Å²) in [5.41, 5.74) is 0. The van der Waals surface area contributed by atoms with E-state index in [9.17, 15) is 4.79 Å². The highest BCUT2D eigenvalue weighted by Gasteiger charge is 2.15. The highest BCUT2D eigenvalue weighted by atomic mass is 79.9. The molecule has 1 N–H and O–H groups in total. The van der Waals surface area contributed by atoms with Crippen LogP contribution in [0.4, 0.5) is 4.79 Å². The molecule has 1 aromatic rings. The van der Waals surface area contributed by atoms with Gasteiger partial charge in [0.2, 0.25) is 0 Å². The molecule has 2 amide bonds. The molecule has 20 heavy (non-hydrogen) atoms. The maximum Gasteiger partial charge on any atom is 0.317 e. The molecule has 0 saturated heterocycles. The van der Waals surface area contributed by atoms with Gasteiger partial charge in [-0.15, -0.1) is 0 Å². The molecule has 2 rings (SSSR count). The fourth-order valence-corrected chi connectivity index (χ4v) is 3.10. The molecule has 0 spiro atoms. The average molecular weight is 343 g/mol. The van der Waals surface area contributed by atoms with Crippen LogP contribution >= 0.6 is 15.9 Å². The molecule has 0 aromatic carbocycles. The van der Waals surface area contributed by atoms with E-state index in [2.05, 4.69) is 21.2 Å². The lowest BCUT2D eigenvalue weighted by Crippen LogP contribution is -2.37. The minimum Gasteiger partial charge on any atom is -0.452 e. The first kappa shape index (κ1) is 15.4. The molecule has 1 aromatic heterocycles. The number of nitrogens with zero attached hydrogens (tertiary/aromatic N) is 1. The number of furan rings is 1. The van der Waals surface area contributed by atoms with Gasteiger partial charge in [0.15, 0.2) is 4.67 Å². The lowest BCUT2D eigenvalue weighted by molar-refractivity contribution is 0.202. The number of urea groups is 1. The summed E-state index contributed by atoms with van der Waals surface area (Å²) in [4.78, 5) is 13.6. The van der Waals surface area contributed by atoms with E-state index in [4.69, 9.17) is 4.42 Å². The van der Waals surface area contributed by atoms with E-state index in [1.165, 1.54) is 32.1 Å². The van der Waals surface area contributed by atoms with Gasteiger partial charge in [-0.25, -0.2) is 4.79 Å². The van der Waals surface area contributed by atoms with Crippen molar-refractivity contribution >= 4 is 22.0 Å². The Morgan fingerprint density at radius 1 is 1.45 bits per heavy atom. The molecule has 1 aliphatic rings. The average Bonchev–Trinajstić information content (AvgIpc) is 3.06. The Morgan fingerprint density at radius 3 is 2.85 bits per heavy atom. The number of amides is 2. The molecule has 0 bridgehead atoms. The van der Waals surface area contributed by atoms with Crippen molar-refractivity contribution in [3.8, 4) is 0 Å². The lowest BCUT2D eigenvalue weighted by atomic mass is 10.0. The zero-order valence-electron chi connectivity index (χ0n) is 12.0. The second-order valence-corrected chi connectivity index (χ2v) is 6.37. The van der Waals surface area contributed by atoms with Crippen LogP contribution in [0.2, 0.25) is 0 Å². The van der Waals surface area contributed by atoms with Crippen LogP contribution in [0, 0.1) is 5.92 Å². The van der Waals surface area contributed by atoms with Crippen LogP contribution in [0.25, 0.3) is 0 Å². The first-order valence-electron chi connectivity index (χ1n) is 7.38. The predicted octanol–water partition coefficient (Wildman–Crippen LogP) is 4.15. The summed E-state index contributed by atoms with van der Waals surface area (Å²) in [6.07, 6.45) is 7.85. The molecule has 0 unspecified atom stereocenters. The number of carbonyl (C=O) groups excluding carboxylic acids is 1. The van der Waals surface area contributed by atoms with Crippen molar-refractivity contribution in [1.29, 1.82) is 0 Å². The molecule has 0 aliphatic heterocycles. The van der Waals surface area contributed by atoms with E-state index >= 15 is 0 Å². The van der Waals surface area contributed by atoms with Crippen molar-refractivity contribution in [2.75, 3.05) is 13.6 Å². The number of nitrogens with one attached hydrogen (secondary N) is 1. The van der Waals surface area contributed by atoms with Gasteiger partial charge >= 0.3 is 6.03 Å². The molecule has 5 heteroatoms. The van der Waals surface area contributed by atoms with Crippen LogP contribution in [0.3, 0.4) is 0 Å². The van der Waals surface area contributed by atoms with E-state index in [1.807, 2.05) is 12.1 Å². The third-order valence-corrected chi connectivity index (χ3v) is 4.33. The summed E-state index contributed by atoms with van der Waals surface area (Å²) in [6, 6.07) is 3.67. The second-order valence-electron chi connectivity index (χ2n) is 5.59. The Kier molecular flexibility index (Phi) is 5.95. The Hall–Kier alpha value is -0.970. The number of halogens is 1. The van der Waals surface area contributed by atoms with Gasteiger partial charge in [-0.3, -0.25) is 0 Å². The fraction of sp³-hybridized carbons (Fsp3) is 0.667. The lowest BCUT2D eigenvalue weighted by Gasteiger charge is -2.17. The Morgan fingerprint density at radius 2 is 2.20 bits per heavy atom. The van der Waals surface area contributed by atoms with Gasteiger partial charge < -0.3 is 14.6 Å². The predicted molar refractivity (Wildman–Crippen MR) is 82.5 cm³/mol. The van der Waals surface area contributed by atoms with Crippen LogP contribution in [0.5, 0.6) is 0 Å². The van der Waals surface area contributed by atoms with Gasteiger partial charge in [-0.05, 0) is 46.8 Å². The molecule has 4 nitrogen and oxygen atoms in total. The smallest absolute Gasteiger partial charge is 0.317 e. The maximum atomic E-state index is 11.9. The maximum absolute atomic E-state index is 11.9. The zero-order valence-corrected chi connectivity index (χ0v) is 13.6. The molecule has 1 fully saturated rings. The Bertz CT molecular complexity index is 427. The van der Waals surface area contributed by atoms with Crippen molar-refractivity contribution in [3.63, 3.8) is 0 Å². The van der Waals surface area contributed by atoms with E-state index in [0.717, 1.165) is 24.6 Å². The first-order chi connectivity index (χ1) is 9.65. The molecular weight excluding hydrogens is 320 g/mol. The standard InChI is InChI=1S/C15H23BrN2O2/c1-18(11-13-8-9-14(16)20-13)15(19)17-10-4-7-12-5-2-3-6-12/h8-9,12H,2-7,10-11H2,1H3,(H,17,19). The van der Waals surface area contributed by atoms with E-state index in [0.29, 0.717) is 11.2 Å².